The van der Waals surface area contributed by atoms with Crippen molar-refractivity contribution in [1.29, 1.82) is 0 Å². The first-order chi connectivity index (χ1) is 8.26. The summed E-state index contributed by atoms with van der Waals surface area (Å²) in [5.74, 6) is 0. The highest BCUT2D eigenvalue weighted by Gasteiger charge is 2.01. The quantitative estimate of drug-likeness (QED) is 0.497. The number of hydrogen-bond donors (Lipinski definition) is 0. The van der Waals surface area contributed by atoms with Crippen molar-refractivity contribution in [2.45, 2.75) is 73.1 Å². The van der Waals surface area contributed by atoms with E-state index in [-0.39, 0.29) is 0 Å². The van der Waals surface area contributed by atoms with Crippen LogP contribution < -0.4 is 0 Å². The van der Waals surface area contributed by atoms with Crippen LogP contribution in [0.1, 0.15) is 73.1 Å². The average Bonchev–Trinajstić information content (AvgIpc) is 2.38. The predicted octanol–water partition coefficient (Wildman–Crippen LogP) is 5.27. The Morgan fingerprint density at radius 3 is 1.12 bits per heavy atom. The summed E-state index contributed by atoms with van der Waals surface area (Å²) in [6.45, 7) is 14.8. The fourth-order valence-electron chi connectivity index (χ4n) is 1.48. The van der Waals surface area contributed by atoms with Crippen LogP contribution in [0, 0.1) is 0 Å². The van der Waals surface area contributed by atoms with Crippen molar-refractivity contribution in [1.82, 2.24) is 4.90 Å². The Kier molecular flexibility index (Phi) is 20.3. The zero-order valence-corrected chi connectivity index (χ0v) is 13.0. The van der Waals surface area contributed by atoms with Crippen LogP contribution in [0.3, 0.4) is 0 Å². The Bertz CT molecular complexity index is 117. The third kappa shape index (κ3) is 18.3. The van der Waals surface area contributed by atoms with Crippen LogP contribution in [0.5, 0.6) is 0 Å². The summed E-state index contributed by atoms with van der Waals surface area (Å²) in [4.78, 5) is 2.64. The molecule has 17 heavy (non-hydrogen) atoms. The van der Waals surface area contributed by atoms with Gasteiger partial charge in [-0.2, -0.15) is 0 Å². The molecular weight excluding hydrogens is 206 g/mol. The number of rotatable bonds is 9. The van der Waals surface area contributed by atoms with Crippen molar-refractivity contribution in [3.05, 3.63) is 12.2 Å². The van der Waals surface area contributed by atoms with Gasteiger partial charge < -0.3 is 4.90 Å². The van der Waals surface area contributed by atoms with Crippen LogP contribution in [-0.4, -0.2) is 24.5 Å². The second kappa shape index (κ2) is 18.1. The molecule has 104 valence electrons. The number of unbranched alkanes of at least 4 members (excludes halogenated alkanes) is 3. The van der Waals surface area contributed by atoms with Gasteiger partial charge in [-0.3, -0.25) is 0 Å². The first-order valence-corrected chi connectivity index (χ1v) is 7.56. The van der Waals surface area contributed by atoms with E-state index in [9.17, 15) is 0 Å². The van der Waals surface area contributed by atoms with Crippen LogP contribution in [0.2, 0.25) is 0 Å². The Morgan fingerprint density at radius 2 is 0.941 bits per heavy atom. The maximum Gasteiger partial charge on any atom is -0.00188 e. The molecule has 0 heterocycles. The molecule has 0 amide bonds. The predicted molar refractivity (Wildman–Crippen MR) is 81.7 cm³/mol. The van der Waals surface area contributed by atoms with Crippen LogP contribution in [0.15, 0.2) is 12.2 Å². The van der Waals surface area contributed by atoms with Gasteiger partial charge in [0.25, 0.3) is 0 Å². The van der Waals surface area contributed by atoms with Gasteiger partial charge >= 0.3 is 0 Å². The maximum absolute atomic E-state index is 2.64. The lowest BCUT2D eigenvalue weighted by Crippen LogP contribution is -2.27. The lowest BCUT2D eigenvalue weighted by Gasteiger charge is -2.21. The van der Waals surface area contributed by atoms with Gasteiger partial charge in [0.15, 0.2) is 0 Å². The Balaban J connectivity index is 0. The molecule has 0 spiro atoms. The standard InChI is InChI=1S/C12H27N.C4H8/c1-4-7-10-13(11-8-5-2)12-9-6-3;1-3-4-2/h4-12H2,1-3H3;3-4H,1-2H3/b;4-3+. The summed E-state index contributed by atoms with van der Waals surface area (Å²) < 4.78 is 0. The van der Waals surface area contributed by atoms with Crippen molar-refractivity contribution in [2.24, 2.45) is 0 Å². The monoisotopic (exact) mass is 241 g/mol. The molecule has 0 radical (unpaired) electrons. The van der Waals surface area contributed by atoms with Crippen molar-refractivity contribution >= 4 is 0 Å². The molecular formula is C16H35N. The lowest BCUT2D eigenvalue weighted by atomic mass is 10.2. The minimum absolute atomic E-state index is 1.32. The second-order valence-electron chi connectivity index (χ2n) is 4.57. The number of hydrogen-bond acceptors (Lipinski definition) is 1. The minimum Gasteiger partial charge on any atom is -0.303 e. The Labute approximate surface area is 110 Å². The summed E-state index contributed by atoms with van der Waals surface area (Å²) in [7, 11) is 0. The van der Waals surface area contributed by atoms with Gasteiger partial charge in [-0.25, -0.2) is 0 Å². The van der Waals surface area contributed by atoms with E-state index in [1.807, 2.05) is 26.0 Å². The van der Waals surface area contributed by atoms with E-state index < -0.39 is 0 Å². The molecule has 0 aliphatic carbocycles. The molecule has 0 aliphatic heterocycles. The molecule has 0 fully saturated rings. The summed E-state index contributed by atoms with van der Waals surface area (Å²) in [5.41, 5.74) is 0. The maximum atomic E-state index is 2.64. The third-order valence-corrected chi connectivity index (χ3v) is 2.82. The van der Waals surface area contributed by atoms with Gasteiger partial charge in [0, 0.05) is 0 Å². The third-order valence-electron chi connectivity index (χ3n) is 2.82. The Morgan fingerprint density at radius 1 is 0.647 bits per heavy atom. The molecule has 0 saturated carbocycles. The molecule has 0 aromatic rings. The molecule has 0 aromatic carbocycles. The summed E-state index contributed by atoms with van der Waals surface area (Å²) in [6.07, 6.45) is 12.1. The van der Waals surface area contributed by atoms with Crippen molar-refractivity contribution in [2.75, 3.05) is 19.6 Å². The van der Waals surface area contributed by atoms with Crippen LogP contribution in [0.25, 0.3) is 0 Å². The van der Waals surface area contributed by atoms with E-state index in [0.29, 0.717) is 0 Å². The highest BCUT2D eigenvalue weighted by atomic mass is 15.1. The lowest BCUT2D eigenvalue weighted by molar-refractivity contribution is 0.261. The highest BCUT2D eigenvalue weighted by Crippen LogP contribution is 2.01. The minimum atomic E-state index is 1.32. The largest absolute Gasteiger partial charge is 0.303 e. The van der Waals surface area contributed by atoms with Gasteiger partial charge in [-0.15, -0.1) is 0 Å². The molecule has 0 unspecified atom stereocenters. The Hall–Kier alpha value is -0.300. The van der Waals surface area contributed by atoms with Crippen LogP contribution in [0.4, 0.5) is 0 Å². The van der Waals surface area contributed by atoms with Crippen molar-refractivity contribution in [3.63, 3.8) is 0 Å². The molecule has 0 rings (SSSR count). The SMILES string of the molecule is C/C=C/C.CCCCN(CCCC)CCCC. The van der Waals surface area contributed by atoms with E-state index >= 15 is 0 Å². The molecule has 0 aromatic heterocycles. The molecule has 1 heteroatoms. The molecule has 1 nitrogen and oxygen atoms in total. The fraction of sp³-hybridized carbons (Fsp3) is 0.875. The number of allylic oxidation sites excluding steroid dienone is 2. The smallest absolute Gasteiger partial charge is 0.00188 e. The normalized spacial score (nSPS) is 10.7. The zero-order chi connectivity index (χ0) is 13.4. The van der Waals surface area contributed by atoms with Crippen LogP contribution >= 0.6 is 0 Å². The fourth-order valence-corrected chi connectivity index (χ4v) is 1.48. The molecule has 0 aliphatic rings. The first-order valence-electron chi connectivity index (χ1n) is 7.56. The zero-order valence-electron chi connectivity index (χ0n) is 13.0. The molecule has 0 saturated heterocycles. The molecule has 0 N–H and O–H groups in total. The van der Waals surface area contributed by atoms with E-state index in [1.165, 1.54) is 58.2 Å². The van der Waals surface area contributed by atoms with E-state index in [0.717, 1.165) is 0 Å². The average molecular weight is 241 g/mol. The summed E-state index contributed by atoms with van der Waals surface area (Å²) in [6, 6.07) is 0. The van der Waals surface area contributed by atoms with E-state index in [4.69, 9.17) is 0 Å². The van der Waals surface area contributed by atoms with Gasteiger partial charge in [0.2, 0.25) is 0 Å². The topological polar surface area (TPSA) is 3.24 Å². The van der Waals surface area contributed by atoms with Gasteiger partial charge in [-0.05, 0) is 52.7 Å². The highest BCUT2D eigenvalue weighted by molar-refractivity contribution is 4.68. The molecule has 0 bridgehead atoms. The van der Waals surface area contributed by atoms with Gasteiger partial charge in [0.05, 0.1) is 0 Å². The summed E-state index contributed by atoms with van der Waals surface area (Å²) >= 11 is 0. The molecule has 0 atom stereocenters. The first kappa shape index (κ1) is 19.0. The van der Waals surface area contributed by atoms with Crippen molar-refractivity contribution < 1.29 is 0 Å². The van der Waals surface area contributed by atoms with Gasteiger partial charge in [0.1, 0.15) is 0 Å². The number of nitrogens with zero attached hydrogens (tertiary/aromatic N) is 1. The van der Waals surface area contributed by atoms with Gasteiger partial charge in [-0.1, -0.05) is 52.2 Å². The van der Waals surface area contributed by atoms with E-state index in [2.05, 4.69) is 25.7 Å². The summed E-state index contributed by atoms with van der Waals surface area (Å²) in [5, 5.41) is 0. The van der Waals surface area contributed by atoms with Crippen molar-refractivity contribution in [3.8, 4) is 0 Å². The van der Waals surface area contributed by atoms with Crippen LogP contribution in [-0.2, 0) is 0 Å². The second-order valence-corrected chi connectivity index (χ2v) is 4.57. The van der Waals surface area contributed by atoms with E-state index in [1.54, 1.807) is 0 Å².